The summed E-state index contributed by atoms with van der Waals surface area (Å²) in [7, 11) is 0. The molecule has 0 radical (unpaired) electrons. The summed E-state index contributed by atoms with van der Waals surface area (Å²) in [5, 5.41) is 34.3. The highest BCUT2D eigenvalue weighted by Crippen LogP contribution is 2.77. The van der Waals surface area contributed by atoms with Gasteiger partial charge >= 0.3 is 5.97 Å². The van der Waals surface area contributed by atoms with Crippen molar-refractivity contribution in [1.29, 1.82) is 0 Å². The Labute approximate surface area is 243 Å². The predicted octanol–water partition coefficient (Wildman–Crippen LogP) is 6.60. The van der Waals surface area contributed by atoms with E-state index in [1.807, 2.05) is 6.08 Å². The number of aliphatic hydroxyl groups excluding tert-OH is 1. The first kappa shape index (κ1) is 31.4. The highest BCUT2D eigenvalue weighted by molar-refractivity contribution is 6.05. The van der Waals surface area contributed by atoms with Crippen molar-refractivity contribution < 1.29 is 31.1 Å². The van der Waals surface area contributed by atoms with Crippen LogP contribution >= 0.6 is 0 Å². The Morgan fingerprint density at radius 3 is 2.12 bits per heavy atom. The molecule has 0 aromatic heterocycles. The van der Waals surface area contributed by atoms with Gasteiger partial charge in [-0.2, -0.15) is 0 Å². The van der Waals surface area contributed by atoms with Gasteiger partial charge in [-0.1, -0.05) is 104 Å². The number of unbranched alkanes of at least 4 members (excludes halogenated alkanes) is 10. The van der Waals surface area contributed by atoms with Crippen LogP contribution in [0.3, 0.4) is 0 Å². The van der Waals surface area contributed by atoms with Crippen molar-refractivity contribution in [2.45, 2.75) is 148 Å². The van der Waals surface area contributed by atoms with Crippen LogP contribution in [0.15, 0.2) is 23.3 Å². The fourth-order valence-electron chi connectivity index (χ4n) is 8.84. The highest BCUT2D eigenvalue weighted by Gasteiger charge is 2.83. The molecule has 0 saturated heterocycles. The van der Waals surface area contributed by atoms with Crippen molar-refractivity contribution in [2.24, 2.45) is 22.7 Å². The van der Waals surface area contributed by atoms with E-state index in [0.29, 0.717) is 30.4 Å². The number of rotatable bonds is 14. The molecule has 4 rings (SSSR count). The fourth-order valence-corrected chi connectivity index (χ4v) is 8.84. The van der Waals surface area contributed by atoms with Gasteiger partial charge in [0, 0.05) is 31.5 Å². The number of carbonyl (C=O) groups excluding carboxylic acids is 2. The van der Waals surface area contributed by atoms with Crippen molar-refractivity contribution in [3.8, 4) is 0 Å². The van der Waals surface area contributed by atoms with Crippen LogP contribution < -0.4 is 0 Å². The molecule has 0 aromatic carbocycles. The van der Waals surface area contributed by atoms with Gasteiger partial charge in [-0.25, -0.2) is 0 Å². The molecule has 6 heteroatoms. The molecule has 0 unspecified atom stereocenters. The Kier molecular flexibility index (Phi) is 9.15. The van der Waals surface area contributed by atoms with E-state index in [0.717, 1.165) is 19.3 Å². The average Bonchev–Trinajstić information content (AvgIpc) is 3.35. The van der Waals surface area contributed by atoms with E-state index in [4.69, 9.17) is 4.74 Å². The van der Waals surface area contributed by atoms with Crippen molar-refractivity contribution >= 4 is 11.8 Å². The molecule has 0 bridgehead atoms. The third kappa shape index (κ3) is 4.94. The third-order valence-electron chi connectivity index (χ3n) is 11.5. The average molecular weight is 561 g/mol. The zero-order chi connectivity index (χ0) is 29.4. The lowest BCUT2D eigenvalue weighted by Gasteiger charge is -2.53. The van der Waals surface area contributed by atoms with Gasteiger partial charge in [0.1, 0.15) is 11.2 Å². The van der Waals surface area contributed by atoms with Crippen LogP contribution in [0.2, 0.25) is 0 Å². The number of ether oxygens (including phenoxy) is 1. The van der Waals surface area contributed by atoms with Crippen molar-refractivity contribution in [3.63, 3.8) is 0 Å². The lowest BCUT2D eigenvalue weighted by Crippen LogP contribution is -2.64. The molecule has 6 atom stereocenters. The Morgan fingerprint density at radius 1 is 0.975 bits per heavy atom. The van der Waals surface area contributed by atoms with E-state index in [-0.39, 0.29) is 37.5 Å². The van der Waals surface area contributed by atoms with E-state index in [9.17, 15) is 24.9 Å². The smallest absolute Gasteiger partial charge is 0.306 e. The lowest BCUT2D eigenvalue weighted by atomic mass is 9.56. The maximum absolute atomic E-state index is 13.2. The number of carbonyl (C=O) groups is 2. The Balaban J connectivity index is 0.00000462. The minimum Gasteiger partial charge on any atom is -0.458 e. The normalized spacial score (nSPS) is 37.5. The first-order valence-corrected chi connectivity index (χ1v) is 16.1. The minimum absolute atomic E-state index is 0. The molecule has 2 saturated carbocycles. The van der Waals surface area contributed by atoms with Crippen LogP contribution in [0.5, 0.6) is 0 Å². The molecule has 0 heterocycles. The van der Waals surface area contributed by atoms with Crippen LogP contribution in [-0.4, -0.2) is 50.5 Å². The second-order valence-corrected chi connectivity index (χ2v) is 14.2. The Morgan fingerprint density at radius 2 is 1.55 bits per heavy atom. The SMILES string of the molecule is CCCCCCCCCCCCCC(=O)O[C@@]12CC[C@@]3(O)[C@@H](C=C(CO)C[C@]4(O)C(=O)C(C)=C[C@]34C)[C@@H]1C2(C)C.[HH]. The van der Waals surface area contributed by atoms with Gasteiger partial charge in [-0.3, -0.25) is 9.59 Å². The molecular formula is C34H56O6. The quantitative estimate of drug-likeness (QED) is 0.126. The maximum atomic E-state index is 13.2. The van der Waals surface area contributed by atoms with Crippen LogP contribution in [0.4, 0.5) is 0 Å². The van der Waals surface area contributed by atoms with Crippen LogP contribution in [0.1, 0.15) is 132 Å². The predicted molar refractivity (Wildman–Crippen MR) is 159 cm³/mol. The molecule has 0 aliphatic heterocycles. The fraction of sp³-hybridized carbons (Fsp3) is 0.824. The first-order chi connectivity index (χ1) is 18.8. The van der Waals surface area contributed by atoms with Crippen molar-refractivity contribution in [1.82, 2.24) is 0 Å². The molecular weight excluding hydrogens is 504 g/mol. The summed E-state index contributed by atoms with van der Waals surface area (Å²) >= 11 is 0. The Bertz CT molecular complexity index is 1030. The third-order valence-corrected chi connectivity index (χ3v) is 11.5. The molecule has 228 valence electrons. The number of esters is 1. The molecule has 4 aliphatic rings. The van der Waals surface area contributed by atoms with Gasteiger partial charge in [0.05, 0.1) is 17.6 Å². The molecule has 0 spiro atoms. The molecule has 4 aliphatic carbocycles. The summed E-state index contributed by atoms with van der Waals surface area (Å²) < 4.78 is 6.29. The van der Waals surface area contributed by atoms with Gasteiger partial charge < -0.3 is 20.1 Å². The number of hydrogen-bond acceptors (Lipinski definition) is 6. The summed E-state index contributed by atoms with van der Waals surface area (Å²) in [6, 6.07) is 0. The topological polar surface area (TPSA) is 104 Å². The summed E-state index contributed by atoms with van der Waals surface area (Å²) in [6.07, 6.45) is 18.3. The van der Waals surface area contributed by atoms with Crippen molar-refractivity contribution in [3.05, 3.63) is 23.3 Å². The molecule has 0 aromatic rings. The monoisotopic (exact) mass is 560 g/mol. The largest absolute Gasteiger partial charge is 0.458 e. The van der Waals surface area contributed by atoms with Gasteiger partial charge in [-0.05, 0) is 37.3 Å². The van der Waals surface area contributed by atoms with Crippen LogP contribution in [0.25, 0.3) is 0 Å². The zero-order valence-corrected chi connectivity index (χ0v) is 25.7. The summed E-state index contributed by atoms with van der Waals surface area (Å²) in [4.78, 5) is 26.2. The second kappa shape index (κ2) is 11.6. The van der Waals surface area contributed by atoms with Crippen molar-refractivity contribution in [2.75, 3.05) is 6.61 Å². The van der Waals surface area contributed by atoms with E-state index >= 15 is 0 Å². The highest BCUT2D eigenvalue weighted by atomic mass is 16.6. The Hall–Kier alpha value is -1.50. The number of Topliss-reactive ketones (excluding diaryl/α,β-unsaturated/α-hetero) is 1. The van der Waals surface area contributed by atoms with Gasteiger partial charge in [0.2, 0.25) is 0 Å². The number of hydrogen-bond donors (Lipinski definition) is 3. The standard InChI is InChI=1S/C34H54O6.H2/c1-6-7-8-9-10-11-12-13-14-15-16-17-27(36)40-34-19-18-32(38)26(28(34)30(34,3)4)20-25(23-35)22-33(39)29(37)24(2)21-31(32,33)5;/h20-21,26,28,35,38-39H,6-19,22-23H2,1-5H3;1H/t26-,28+,31+,32+,33-,34-;/m0./s1. The van der Waals surface area contributed by atoms with Gasteiger partial charge in [0.25, 0.3) is 0 Å². The van der Waals surface area contributed by atoms with E-state index in [1.165, 1.54) is 51.4 Å². The lowest BCUT2D eigenvalue weighted by molar-refractivity contribution is -0.197. The molecule has 0 amide bonds. The second-order valence-electron chi connectivity index (χ2n) is 14.2. The number of aliphatic hydroxyl groups is 3. The van der Waals surface area contributed by atoms with E-state index < -0.39 is 28.1 Å². The van der Waals surface area contributed by atoms with Crippen LogP contribution in [0, 0.1) is 22.7 Å². The zero-order valence-electron chi connectivity index (χ0n) is 25.7. The minimum atomic E-state index is -1.81. The number of fused-ring (bicyclic) bond motifs is 5. The van der Waals surface area contributed by atoms with E-state index in [2.05, 4.69) is 20.8 Å². The van der Waals surface area contributed by atoms with Gasteiger partial charge in [-0.15, -0.1) is 0 Å². The summed E-state index contributed by atoms with van der Waals surface area (Å²) in [6.45, 7) is 9.60. The summed E-state index contributed by atoms with van der Waals surface area (Å²) in [5.41, 5.74) is -4.47. The maximum Gasteiger partial charge on any atom is 0.306 e. The molecule has 3 N–H and O–H groups in total. The first-order valence-electron chi connectivity index (χ1n) is 16.1. The summed E-state index contributed by atoms with van der Waals surface area (Å²) in [5.74, 6) is -1.17. The molecule has 40 heavy (non-hydrogen) atoms. The molecule has 2 fully saturated rings. The van der Waals surface area contributed by atoms with E-state index in [1.54, 1.807) is 19.9 Å². The van der Waals surface area contributed by atoms with Gasteiger partial charge in [0.15, 0.2) is 5.78 Å². The molecule has 6 nitrogen and oxygen atoms in total. The van der Waals surface area contributed by atoms with Crippen LogP contribution in [-0.2, 0) is 14.3 Å². The number of ketones is 1.